The van der Waals surface area contributed by atoms with Gasteiger partial charge in [0.15, 0.2) is 0 Å². The van der Waals surface area contributed by atoms with Gasteiger partial charge >= 0.3 is 18.0 Å². The number of piperidine rings is 1. The number of nitrogens with zero attached hydrogens (tertiary/aromatic N) is 1. The van der Waals surface area contributed by atoms with Crippen molar-refractivity contribution in [1.82, 2.24) is 4.90 Å². The first kappa shape index (κ1) is 15.1. The molecule has 1 aliphatic rings. The van der Waals surface area contributed by atoms with Gasteiger partial charge in [-0.1, -0.05) is 0 Å². The molecule has 1 saturated heterocycles. The van der Waals surface area contributed by atoms with E-state index < -0.39 is 18.0 Å². The highest BCUT2D eigenvalue weighted by atomic mass is 19.4. The zero-order valence-corrected chi connectivity index (χ0v) is 9.81. The van der Waals surface area contributed by atoms with Gasteiger partial charge in [0.1, 0.15) is 0 Å². The van der Waals surface area contributed by atoms with E-state index in [0.717, 1.165) is 0 Å². The topological polar surface area (TPSA) is 46.3 Å². The highest BCUT2D eigenvalue weighted by Crippen LogP contribution is 2.37. The van der Waals surface area contributed by atoms with E-state index in [-0.39, 0.29) is 25.0 Å². The third-order valence-electron chi connectivity index (χ3n) is 3.20. The predicted octanol–water partition coefficient (Wildman–Crippen LogP) is 1.77. The molecule has 1 fully saturated rings. The standard InChI is InChI=1S/C10H15F5N2O/c1-6(16)7-2-4-17(5-3-7)8(18)9(11,12)10(13,14)15/h6-7H,2-5,16H2,1H3. The summed E-state index contributed by atoms with van der Waals surface area (Å²) in [6.45, 7) is 1.51. The maximum atomic E-state index is 12.8. The lowest BCUT2D eigenvalue weighted by molar-refractivity contribution is -0.274. The molecule has 0 aromatic carbocycles. The first-order valence-electron chi connectivity index (χ1n) is 5.57. The number of carbonyl (C=O) groups is 1. The lowest BCUT2D eigenvalue weighted by atomic mass is 9.91. The van der Waals surface area contributed by atoms with E-state index in [1.807, 2.05) is 0 Å². The molecule has 0 radical (unpaired) electrons. The van der Waals surface area contributed by atoms with E-state index in [1.165, 1.54) is 0 Å². The van der Waals surface area contributed by atoms with Crippen molar-refractivity contribution in [2.24, 2.45) is 11.7 Å². The summed E-state index contributed by atoms with van der Waals surface area (Å²) >= 11 is 0. The van der Waals surface area contributed by atoms with Gasteiger partial charge < -0.3 is 10.6 Å². The highest BCUT2D eigenvalue weighted by molar-refractivity contribution is 5.84. The van der Waals surface area contributed by atoms with Gasteiger partial charge in [0, 0.05) is 19.1 Å². The molecule has 3 nitrogen and oxygen atoms in total. The third-order valence-corrected chi connectivity index (χ3v) is 3.20. The zero-order chi connectivity index (χ0) is 14.1. The van der Waals surface area contributed by atoms with E-state index in [1.54, 1.807) is 6.92 Å². The van der Waals surface area contributed by atoms with Gasteiger partial charge in [-0.05, 0) is 25.7 Å². The Labute approximate surface area is 101 Å². The van der Waals surface area contributed by atoms with Crippen LogP contribution in [0.2, 0.25) is 0 Å². The highest BCUT2D eigenvalue weighted by Gasteiger charge is 2.64. The first-order chi connectivity index (χ1) is 8.07. The van der Waals surface area contributed by atoms with Crippen molar-refractivity contribution in [3.05, 3.63) is 0 Å². The van der Waals surface area contributed by atoms with Gasteiger partial charge in [-0.15, -0.1) is 0 Å². The minimum Gasteiger partial charge on any atom is -0.337 e. The van der Waals surface area contributed by atoms with Crippen molar-refractivity contribution < 1.29 is 26.7 Å². The lowest BCUT2D eigenvalue weighted by Crippen LogP contribution is -2.54. The van der Waals surface area contributed by atoms with Crippen LogP contribution < -0.4 is 5.73 Å². The van der Waals surface area contributed by atoms with Crippen molar-refractivity contribution >= 4 is 5.91 Å². The van der Waals surface area contributed by atoms with Crippen molar-refractivity contribution in [2.75, 3.05) is 13.1 Å². The second-order valence-corrected chi connectivity index (χ2v) is 4.56. The minimum absolute atomic E-state index is 0.0496. The Bertz CT molecular complexity index is 308. The Balaban J connectivity index is 2.66. The Morgan fingerprint density at radius 3 is 2.00 bits per heavy atom. The molecular weight excluding hydrogens is 259 g/mol. The van der Waals surface area contributed by atoms with Gasteiger partial charge in [-0.25, -0.2) is 0 Å². The Hall–Kier alpha value is -0.920. The molecule has 0 bridgehead atoms. The molecule has 1 aliphatic heterocycles. The molecule has 0 spiro atoms. The number of amides is 1. The molecule has 8 heteroatoms. The molecule has 0 aromatic heterocycles. The van der Waals surface area contributed by atoms with Gasteiger partial charge in [0.05, 0.1) is 0 Å². The number of rotatable bonds is 2. The SMILES string of the molecule is CC(N)C1CCN(C(=O)C(F)(F)C(F)(F)F)CC1. The van der Waals surface area contributed by atoms with Crippen LogP contribution in [0, 0.1) is 5.92 Å². The summed E-state index contributed by atoms with van der Waals surface area (Å²) in [7, 11) is 0. The van der Waals surface area contributed by atoms with E-state index >= 15 is 0 Å². The molecular formula is C10H15F5N2O. The normalized spacial score (nSPS) is 20.9. The van der Waals surface area contributed by atoms with Crippen molar-refractivity contribution in [3.63, 3.8) is 0 Å². The van der Waals surface area contributed by atoms with Crippen LogP contribution in [0.15, 0.2) is 0 Å². The minimum atomic E-state index is -5.85. The largest absolute Gasteiger partial charge is 0.463 e. The summed E-state index contributed by atoms with van der Waals surface area (Å²) in [6.07, 6.45) is -5.16. The predicted molar refractivity (Wildman–Crippen MR) is 54.0 cm³/mol. The molecule has 106 valence electrons. The summed E-state index contributed by atoms with van der Waals surface area (Å²) in [5.41, 5.74) is 5.61. The molecule has 1 heterocycles. The van der Waals surface area contributed by atoms with Gasteiger partial charge in [0.25, 0.3) is 0 Å². The second-order valence-electron chi connectivity index (χ2n) is 4.56. The fourth-order valence-electron chi connectivity index (χ4n) is 1.95. The summed E-state index contributed by atoms with van der Waals surface area (Å²) in [4.78, 5) is 11.7. The van der Waals surface area contributed by atoms with Crippen LogP contribution in [-0.2, 0) is 4.79 Å². The van der Waals surface area contributed by atoms with Crippen LogP contribution in [0.1, 0.15) is 19.8 Å². The number of hydrogen-bond donors (Lipinski definition) is 1. The summed E-state index contributed by atoms with van der Waals surface area (Å²) < 4.78 is 61.7. The maximum Gasteiger partial charge on any atom is 0.463 e. The Morgan fingerprint density at radius 2 is 1.67 bits per heavy atom. The average molecular weight is 274 g/mol. The summed E-state index contributed by atoms with van der Waals surface area (Å²) in [5, 5.41) is 0. The maximum absolute atomic E-state index is 12.8. The van der Waals surface area contributed by atoms with E-state index in [9.17, 15) is 26.7 Å². The molecule has 2 N–H and O–H groups in total. The smallest absolute Gasteiger partial charge is 0.337 e. The number of likely N-dealkylation sites (tertiary alicyclic amines) is 1. The van der Waals surface area contributed by atoms with Gasteiger partial charge in [-0.2, -0.15) is 22.0 Å². The van der Waals surface area contributed by atoms with Crippen molar-refractivity contribution in [1.29, 1.82) is 0 Å². The number of halogens is 5. The quantitative estimate of drug-likeness (QED) is 0.780. The van der Waals surface area contributed by atoms with E-state index in [2.05, 4.69) is 0 Å². The van der Waals surface area contributed by atoms with Crippen LogP contribution in [0.4, 0.5) is 22.0 Å². The van der Waals surface area contributed by atoms with Gasteiger partial charge in [-0.3, -0.25) is 4.79 Å². The molecule has 0 aliphatic carbocycles. The number of carbonyl (C=O) groups excluding carboxylic acids is 1. The molecule has 18 heavy (non-hydrogen) atoms. The molecule has 1 amide bonds. The van der Waals surface area contributed by atoms with Crippen LogP contribution >= 0.6 is 0 Å². The fourth-order valence-corrected chi connectivity index (χ4v) is 1.95. The van der Waals surface area contributed by atoms with Crippen molar-refractivity contribution in [2.45, 2.75) is 37.9 Å². The van der Waals surface area contributed by atoms with Crippen LogP contribution in [0.3, 0.4) is 0 Å². The molecule has 1 atom stereocenters. The number of nitrogens with two attached hydrogens (primary N) is 1. The molecule has 1 unspecified atom stereocenters. The summed E-state index contributed by atoms with van der Waals surface area (Å²) in [5.74, 6) is -7.43. The fraction of sp³-hybridized carbons (Fsp3) is 0.900. The monoisotopic (exact) mass is 274 g/mol. The molecule has 1 rings (SSSR count). The molecule has 0 saturated carbocycles. The van der Waals surface area contributed by atoms with E-state index in [0.29, 0.717) is 17.7 Å². The average Bonchev–Trinajstić information content (AvgIpc) is 2.26. The molecule has 0 aromatic rings. The van der Waals surface area contributed by atoms with Crippen LogP contribution in [0.25, 0.3) is 0 Å². The zero-order valence-electron chi connectivity index (χ0n) is 9.81. The number of hydrogen-bond acceptors (Lipinski definition) is 2. The Morgan fingerprint density at radius 1 is 1.22 bits per heavy atom. The van der Waals surface area contributed by atoms with E-state index in [4.69, 9.17) is 5.73 Å². The van der Waals surface area contributed by atoms with Crippen molar-refractivity contribution in [3.8, 4) is 0 Å². The lowest BCUT2D eigenvalue weighted by Gasteiger charge is -2.35. The van der Waals surface area contributed by atoms with Crippen LogP contribution in [-0.4, -0.2) is 42.0 Å². The third kappa shape index (κ3) is 2.90. The van der Waals surface area contributed by atoms with Crippen LogP contribution in [0.5, 0.6) is 0 Å². The second kappa shape index (κ2) is 4.99. The summed E-state index contributed by atoms with van der Waals surface area (Å²) in [6, 6.07) is -0.162. The Kier molecular flexibility index (Phi) is 4.19. The van der Waals surface area contributed by atoms with Gasteiger partial charge in [0.2, 0.25) is 0 Å². The first-order valence-corrected chi connectivity index (χ1v) is 5.57. The number of alkyl halides is 5.